The van der Waals surface area contributed by atoms with Gasteiger partial charge in [-0.05, 0) is 48.8 Å². The highest BCUT2D eigenvalue weighted by molar-refractivity contribution is 5.43. The van der Waals surface area contributed by atoms with Crippen LogP contribution in [0, 0.1) is 5.92 Å². The maximum atomic E-state index is 5.97. The van der Waals surface area contributed by atoms with Gasteiger partial charge in [0, 0.05) is 11.5 Å². The monoisotopic (exact) mass is 259 g/mol. The molecule has 0 radical (unpaired) electrons. The first-order valence-corrected chi connectivity index (χ1v) is 7.37. The van der Waals surface area contributed by atoms with Gasteiger partial charge >= 0.3 is 0 Å². The largest absolute Gasteiger partial charge is 0.493 e. The Hall–Kier alpha value is -1.06. The van der Waals surface area contributed by atoms with Crippen molar-refractivity contribution in [1.82, 2.24) is 0 Å². The third-order valence-corrected chi connectivity index (χ3v) is 5.16. The van der Waals surface area contributed by atoms with Crippen molar-refractivity contribution in [2.75, 3.05) is 19.8 Å². The van der Waals surface area contributed by atoms with Crippen molar-refractivity contribution in [2.45, 2.75) is 37.1 Å². The van der Waals surface area contributed by atoms with E-state index in [-0.39, 0.29) is 5.41 Å². The molecule has 0 spiro atoms. The normalized spacial score (nSPS) is 31.6. The summed E-state index contributed by atoms with van der Waals surface area (Å²) in [6, 6.07) is 7.17. The molecule has 0 amide bonds. The molecule has 1 aliphatic carbocycles. The van der Waals surface area contributed by atoms with Crippen molar-refractivity contribution < 1.29 is 9.47 Å². The molecule has 1 aromatic carbocycles. The summed E-state index contributed by atoms with van der Waals surface area (Å²) in [7, 11) is 0. The molecule has 2 N–H and O–H groups in total. The topological polar surface area (TPSA) is 44.5 Å². The van der Waals surface area contributed by atoms with Gasteiger partial charge in [0.1, 0.15) is 5.75 Å². The smallest absolute Gasteiger partial charge is 0.122 e. The van der Waals surface area contributed by atoms with Gasteiger partial charge < -0.3 is 15.2 Å². The van der Waals surface area contributed by atoms with Crippen molar-refractivity contribution in [3.05, 3.63) is 29.3 Å². The summed E-state index contributed by atoms with van der Waals surface area (Å²) < 4.78 is 11.3. The second-order valence-corrected chi connectivity index (χ2v) is 6.35. The molecule has 4 rings (SSSR count). The summed E-state index contributed by atoms with van der Waals surface area (Å²) in [5.74, 6) is 1.79. The Morgan fingerprint density at radius 1 is 1.21 bits per heavy atom. The van der Waals surface area contributed by atoms with Crippen molar-refractivity contribution >= 4 is 0 Å². The van der Waals surface area contributed by atoms with E-state index < -0.39 is 0 Å². The first-order chi connectivity index (χ1) is 9.28. The molecule has 0 aromatic heterocycles. The number of fused-ring (bicyclic) bond motifs is 1. The lowest BCUT2D eigenvalue weighted by Gasteiger charge is -2.53. The van der Waals surface area contributed by atoms with Crippen LogP contribution in [0.25, 0.3) is 0 Å². The van der Waals surface area contributed by atoms with E-state index in [4.69, 9.17) is 15.2 Å². The maximum absolute atomic E-state index is 5.97. The fraction of sp³-hybridized carbons (Fsp3) is 0.625. The zero-order chi connectivity index (χ0) is 12.9. The van der Waals surface area contributed by atoms with E-state index in [0.717, 1.165) is 51.3 Å². The van der Waals surface area contributed by atoms with E-state index in [0.29, 0.717) is 12.0 Å². The van der Waals surface area contributed by atoms with Crippen LogP contribution in [0.4, 0.5) is 0 Å². The fourth-order valence-corrected chi connectivity index (χ4v) is 3.74. The van der Waals surface area contributed by atoms with Gasteiger partial charge in [0.2, 0.25) is 0 Å². The Labute approximate surface area is 114 Å². The molecule has 3 heteroatoms. The van der Waals surface area contributed by atoms with Crippen molar-refractivity contribution in [3.63, 3.8) is 0 Å². The zero-order valence-corrected chi connectivity index (χ0v) is 11.2. The lowest BCUT2D eigenvalue weighted by molar-refractivity contribution is -0.111. The Morgan fingerprint density at radius 2 is 2.05 bits per heavy atom. The van der Waals surface area contributed by atoms with Gasteiger partial charge in [0.25, 0.3) is 0 Å². The highest BCUT2D eigenvalue weighted by atomic mass is 16.5. The van der Waals surface area contributed by atoms with Crippen molar-refractivity contribution in [3.8, 4) is 5.75 Å². The number of aryl methyl sites for hydroxylation is 1. The molecule has 3 nitrogen and oxygen atoms in total. The minimum atomic E-state index is 0.238. The summed E-state index contributed by atoms with van der Waals surface area (Å²) in [6.45, 7) is 2.59. The lowest BCUT2D eigenvalue weighted by Crippen LogP contribution is -2.58. The molecule has 1 aromatic rings. The molecular weight excluding hydrogens is 238 g/mol. The van der Waals surface area contributed by atoms with Crippen LogP contribution in [0.1, 0.15) is 30.4 Å². The molecule has 2 aliphatic heterocycles. The Morgan fingerprint density at radius 3 is 2.74 bits per heavy atom. The predicted molar refractivity (Wildman–Crippen MR) is 73.5 cm³/mol. The van der Waals surface area contributed by atoms with E-state index in [1.54, 1.807) is 0 Å². The van der Waals surface area contributed by atoms with Crippen LogP contribution >= 0.6 is 0 Å². The van der Waals surface area contributed by atoms with Gasteiger partial charge in [0.15, 0.2) is 0 Å². The van der Waals surface area contributed by atoms with Gasteiger partial charge in [-0.25, -0.2) is 0 Å². The van der Waals surface area contributed by atoms with E-state index >= 15 is 0 Å². The number of hydrogen-bond acceptors (Lipinski definition) is 3. The predicted octanol–water partition coefficient (Wildman–Crippen LogP) is 2.02. The molecule has 1 saturated heterocycles. The van der Waals surface area contributed by atoms with Crippen molar-refractivity contribution in [1.29, 1.82) is 0 Å². The number of hydrogen-bond donors (Lipinski definition) is 1. The number of rotatable bonds is 2. The quantitative estimate of drug-likeness (QED) is 0.883. The summed E-state index contributed by atoms with van der Waals surface area (Å²) >= 11 is 0. The van der Waals surface area contributed by atoms with Gasteiger partial charge in [-0.2, -0.15) is 0 Å². The minimum Gasteiger partial charge on any atom is -0.493 e. The SMILES string of the molecule is NC1CC(C2(c3ccc4c(c3)CCCO4)COC2)C1. The molecule has 3 aliphatic rings. The second-order valence-electron chi connectivity index (χ2n) is 6.35. The Kier molecular flexibility index (Phi) is 2.61. The standard InChI is InChI=1S/C16H21NO2/c17-14-7-13(8-14)16(9-18-10-16)12-3-4-15-11(6-12)2-1-5-19-15/h3-4,6,13-14H,1-2,5,7-10,17H2. The zero-order valence-electron chi connectivity index (χ0n) is 11.2. The summed E-state index contributed by atoms with van der Waals surface area (Å²) in [5, 5.41) is 0. The maximum Gasteiger partial charge on any atom is 0.122 e. The average molecular weight is 259 g/mol. The summed E-state index contributed by atoms with van der Waals surface area (Å²) in [6.07, 6.45) is 4.58. The summed E-state index contributed by atoms with van der Waals surface area (Å²) in [4.78, 5) is 0. The molecule has 0 atom stereocenters. The van der Waals surface area contributed by atoms with Gasteiger partial charge in [-0.1, -0.05) is 12.1 Å². The number of ether oxygens (including phenoxy) is 2. The minimum absolute atomic E-state index is 0.238. The van der Waals surface area contributed by atoms with Gasteiger partial charge in [0.05, 0.1) is 19.8 Å². The fourth-order valence-electron chi connectivity index (χ4n) is 3.74. The molecule has 19 heavy (non-hydrogen) atoms. The van der Waals surface area contributed by atoms with E-state index in [1.165, 1.54) is 11.1 Å². The van der Waals surface area contributed by atoms with Crippen LogP contribution in [0.5, 0.6) is 5.75 Å². The third-order valence-electron chi connectivity index (χ3n) is 5.16. The number of benzene rings is 1. The molecule has 0 bridgehead atoms. The van der Waals surface area contributed by atoms with E-state index in [1.807, 2.05) is 0 Å². The average Bonchev–Trinajstić information content (AvgIpc) is 2.35. The molecule has 0 unspecified atom stereocenters. The van der Waals surface area contributed by atoms with Crippen molar-refractivity contribution in [2.24, 2.45) is 11.7 Å². The first-order valence-electron chi connectivity index (χ1n) is 7.37. The molecule has 2 heterocycles. The molecule has 102 valence electrons. The highest BCUT2D eigenvalue weighted by Crippen LogP contribution is 2.49. The molecule has 2 fully saturated rings. The van der Waals surface area contributed by atoms with Crippen LogP contribution in [0.15, 0.2) is 18.2 Å². The second kappa shape index (κ2) is 4.22. The third kappa shape index (κ3) is 1.72. The first kappa shape index (κ1) is 11.7. The van der Waals surface area contributed by atoms with Crippen LogP contribution < -0.4 is 10.5 Å². The van der Waals surface area contributed by atoms with E-state index in [9.17, 15) is 0 Å². The van der Waals surface area contributed by atoms with Crippen LogP contribution in [0.3, 0.4) is 0 Å². The van der Waals surface area contributed by atoms with Crippen LogP contribution in [-0.4, -0.2) is 25.9 Å². The van der Waals surface area contributed by atoms with Crippen LogP contribution in [0.2, 0.25) is 0 Å². The van der Waals surface area contributed by atoms with E-state index in [2.05, 4.69) is 18.2 Å². The number of nitrogens with two attached hydrogens (primary N) is 1. The Bertz CT molecular complexity index is 490. The van der Waals surface area contributed by atoms with Crippen LogP contribution in [-0.2, 0) is 16.6 Å². The highest BCUT2D eigenvalue weighted by Gasteiger charge is 2.51. The molecule has 1 saturated carbocycles. The Balaban J connectivity index is 1.66. The summed E-state index contributed by atoms with van der Waals surface area (Å²) in [5.41, 5.74) is 9.03. The molecular formula is C16H21NO2. The lowest BCUT2D eigenvalue weighted by atomic mass is 9.59. The van der Waals surface area contributed by atoms with Gasteiger partial charge in [-0.3, -0.25) is 0 Å². The van der Waals surface area contributed by atoms with Gasteiger partial charge in [-0.15, -0.1) is 0 Å².